The van der Waals surface area contributed by atoms with Gasteiger partial charge in [-0.3, -0.25) is 0 Å². The molecule has 64 heavy (non-hydrogen) atoms. The van der Waals surface area contributed by atoms with Gasteiger partial charge in [-0.25, -0.2) is 15.0 Å². The predicted molar refractivity (Wildman–Crippen MR) is 267 cm³/mol. The lowest BCUT2D eigenvalue weighted by molar-refractivity contribution is 0.346. The van der Waals surface area contributed by atoms with E-state index in [0.717, 1.165) is 62.7 Å². The smallest absolute Gasteiger partial charge is 0.164 e. The van der Waals surface area contributed by atoms with Crippen LogP contribution in [0.3, 0.4) is 0 Å². The second-order valence-electron chi connectivity index (χ2n) is 17.5. The highest BCUT2D eigenvalue weighted by Crippen LogP contribution is 2.46. The van der Waals surface area contributed by atoms with Gasteiger partial charge in [0.15, 0.2) is 17.5 Å². The van der Waals surface area contributed by atoms with Crippen LogP contribution >= 0.6 is 7.14 Å². The Kier molecular flexibility index (Phi) is 11.3. The third kappa shape index (κ3) is 8.54. The topological polar surface area (TPSA) is 55.7 Å². The molecule has 0 bridgehead atoms. The van der Waals surface area contributed by atoms with Crippen molar-refractivity contribution in [3.8, 4) is 78.7 Å². The van der Waals surface area contributed by atoms with Crippen LogP contribution in [0.25, 0.3) is 78.7 Å². The van der Waals surface area contributed by atoms with Gasteiger partial charge in [0.25, 0.3) is 0 Å². The molecule has 1 aromatic heterocycles. The molecule has 1 fully saturated rings. The highest BCUT2D eigenvalue weighted by molar-refractivity contribution is 7.70. The minimum Gasteiger partial charge on any atom is -0.319 e. The van der Waals surface area contributed by atoms with Crippen molar-refractivity contribution >= 4 is 12.4 Å². The summed E-state index contributed by atoms with van der Waals surface area (Å²) in [7, 11) is -2.32. The van der Waals surface area contributed by atoms with Gasteiger partial charge >= 0.3 is 0 Å². The molecule has 0 amide bonds. The Hall–Kier alpha value is -7.00. The molecule has 8 aromatic carbocycles. The predicted octanol–water partition coefficient (Wildman–Crippen LogP) is 15.0. The molecular formula is C59H50N3OP. The number of aromatic nitrogens is 3. The second kappa shape index (κ2) is 17.6. The molecule has 0 saturated heterocycles. The van der Waals surface area contributed by atoms with Crippen molar-refractivity contribution in [3.05, 3.63) is 217 Å². The molecule has 1 heterocycles. The van der Waals surface area contributed by atoms with Crippen LogP contribution in [0, 0.1) is 0 Å². The van der Waals surface area contributed by atoms with Crippen molar-refractivity contribution < 1.29 is 4.57 Å². The molecule has 0 unspecified atom stereocenters. The maximum Gasteiger partial charge on any atom is 0.164 e. The summed E-state index contributed by atoms with van der Waals surface area (Å²) in [5.41, 5.74) is 14.7. The summed E-state index contributed by atoms with van der Waals surface area (Å²) in [6, 6.07) is 73.0. The summed E-state index contributed by atoms with van der Waals surface area (Å²) in [6.07, 6.45) is 5.80. The van der Waals surface area contributed by atoms with Crippen molar-refractivity contribution in [1.82, 2.24) is 15.0 Å². The van der Waals surface area contributed by atoms with Crippen molar-refractivity contribution in [2.75, 3.05) is 13.3 Å². The Balaban J connectivity index is 1.00. The first kappa shape index (κ1) is 41.0. The molecule has 1 aliphatic carbocycles. The average Bonchev–Trinajstić information content (AvgIpc) is 3.37. The zero-order chi connectivity index (χ0) is 43.5. The lowest BCUT2D eigenvalue weighted by atomic mass is 9.65. The molecule has 1 saturated carbocycles. The van der Waals surface area contributed by atoms with Crippen molar-refractivity contribution in [1.29, 1.82) is 0 Å². The minimum absolute atomic E-state index is 0.105. The molecule has 312 valence electrons. The molecule has 0 atom stereocenters. The van der Waals surface area contributed by atoms with Crippen LogP contribution < -0.4 is 5.30 Å². The third-order valence-corrected chi connectivity index (χ3v) is 14.5. The van der Waals surface area contributed by atoms with Gasteiger partial charge in [-0.15, -0.1) is 0 Å². The van der Waals surface area contributed by atoms with Crippen molar-refractivity contribution in [3.63, 3.8) is 0 Å². The van der Waals surface area contributed by atoms with Gasteiger partial charge < -0.3 is 4.57 Å². The van der Waals surface area contributed by atoms with Gasteiger partial charge in [0.2, 0.25) is 0 Å². The van der Waals surface area contributed by atoms with Crippen LogP contribution in [0.1, 0.15) is 43.2 Å². The summed E-state index contributed by atoms with van der Waals surface area (Å²) < 4.78 is 12.7. The number of rotatable bonds is 10. The van der Waals surface area contributed by atoms with Crippen LogP contribution in [0.4, 0.5) is 0 Å². The normalized spacial score (nSPS) is 13.7. The molecule has 9 aromatic rings. The number of hydrogen-bond acceptors (Lipinski definition) is 4. The molecule has 10 rings (SSSR count). The van der Waals surface area contributed by atoms with Gasteiger partial charge in [-0.2, -0.15) is 0 Å². The van der Waals surface area contributed by atoms with E-state index in [1.165, 1.54) is 47.1 Å². The first-order valence-corrected chi connectivity index (χ1v) is 25.0. The molecule has 0 spiro atoms. The summed E-state index contributed by atoms with van der Waals surface area (Å²) in [6.45, 7) is 3.66. The van der Waals surface area contributed by atoms with E-state index in [9.17, 15) is 4.57 Å². The number of hydrogen-bond donors (Lipinski definition) is 0. The van der Waals surface area contributed by atoms with Gasteiger partial charge in [-0.05, 0) is 87.9 Å². The summed E-state index contributed by atoms with van der Waals surface area (Å²) >= 11 is 0. The van der Waals surface area contributed by atoms with Crippen molar-refractivity contribution in [2.24, 2.45) is 0 Å². The van der Waals surface area contributed by atoms with E-state index < -0.39 is 7.14 Å². The first-order chi connectivity index (χ1) is 31.3. The zero-order valence-electron chi connectivity index (χ0n) is 36.4. The molecule has 4 nitrogen and oxygen atoms in total. The SMILES string of the molecule is CP(C)(=O)c1ccc(-c2cccc(C3(c4ccc(-c5nc(-c6ccc(-c7ccc(-c8ccccc8)cc7)cc6)nc(-c6cccc(-c7ccccc7)c6)n5)cc4)CCCCC3)c2)cc1. The standard InChI is InChI=1S/C59H50N3OP/c1-64(2,63)55-36-32-47(33-37-55)51-19-13-21-54(41-51)59(38-10-5-11-39-59)53-34-30-49(31-35-53)57-60-56(61-58(62-57)52-20-12-18-50(40-52)43-16-8-4-9-17-43)48-28-26-46(27-29-48)45-24-22-44(23-25-45)42-14-6-3-7-15-42/h3-4,6-9,12-37,40-41H,5,10-11,38-39H2,1-2H3. The second-order valence-corrected chi connectivity index (χ2v) is 20.7. The number of nitrogens with zero attached hydrogens (tertiary/aromatic N) is 3. The molecular weight excluding hydrogens is 798 g/mol. The Morgan fingerprint density at radius 1 is 0.344 bits per heavy atom. The van der Waals surface area contributed by atoms with E-state index >= 15 is 0 Å². The van der Waals surface area contributed by atoms with E-state index in [0.29, 0.717) is 17.5 Å². The van der Waals surface area contributed by atoms with E-state index in [-0.39, 0.29) is 5.41 Å². The highest BCUT2D eigenvalue weighted by Gasteiger charge is 2.36. The van der Waals surface area contributed by atoms with Crippen molar-refractivity contribution in [2.45, 2.75) is 37.5 Å². The quantitative estimate of drug-likeness (QED) is 0.129. The third-order valence-electron chi connectivity index (χ3n) is 13.0. The van der Waals surface area contributed by atoms with Gasteiger partial charge in [0.1, 0.15) is 7.14 Å². The minimum atomic E-state index is -2.32. The zero-order valence-corrected chi connectivity index (χ0v) is 37.3. The maximum absolute atomic E-state index is 12.7. The van der Waals surface area contributed by atoms with E-state index in [1.807, 2.05) is 37.6 Å². The Labute approximate surface area is 377 Å². The number of benzene rings is 8. The Morgan fingerprint density at radius 2 is 0.719 bits per heavy atom. The van der Waals surface area contributed by atoms with Crippen LogP contribution in [-0.4, -0.2) is 28.3 Å². The summed E-state index contributed by atoms with van der Waals surface area (Å²) in [5.74, 6) is 1.91. The van der Waals surface area contributed by atoms with Gasteiger partial charge in [0, 0.05) is 27.4 Å². The largest absolute Gasteiger partial charge is 0.319 e. The van der Waals surface area contributed by atoms with Crippen LogP contribution in [0.2, 0.25) is 0 Å². The van der Waals surface area contributed by atoms with E-state index in [1.54, 1.807) is 0 Å². The monoisotopic (exact) mass is 847 g/mol. The molecule has 0 N–H and O–H groups in total. The highest BCUT2D eigenvalue weighted by atomic mass is 31.2. The lowest BCUT2D eigenvalue weighted by Gasteiger charge is -2.39. The fourth-order valence-corrected chi connectivity index (χ4v) is 10.2. The molecule has 5 heteroatoms. The first-order valence-electron chi connectivity index (χ1n) is 22.3. The molecule has 0 radical (unpaired) electrons. The lowest BCUT2D eigenvalue weighted by Crippen LogP contribution is -2.30. The molecule has 1 aliphatic rings. The van der Waals surface area contributed by atoms with E-state index in [2.05, 4.69) is 182 Å². The van der Waals surface area contributed by atoms with Gasteiger partial charge in [0.05, 0.1) is 0 Å². The van der Waals surface area contributed by atoms with Crippen LogP contribution in [0.5, 0.6) is 0 Å². The molecule has 0 aliphatic heterocycles. The summed E-state index contributed by atoms with van der Waals surface area (Å²) in [5, 5.41) is 0.910. The van der Waals surface area contributed by atoms with Crippen LogP contribution in [-0.2, 0) is 9.98 Å². The fourth-order valence-electron chi connectivity index (χ4n) is 9.38. The fraction of sp³-hybridized carbons (Fsp3) is 0.136. The van der Waals surface area contributed by atoms with E-state index in [4.69, 9.17) is 15.0 Å². The maximum atomic E-state index is 12.7. The van der Waals surface area contributed by atoms with Crippen LogP contribution in [0.15, 0.2) is 206 Å². The Morgan fingerprint density at radius 3 is 1.25 bits per heavy atom. The summed E-state index contributed by atoms with van der Waals surface area (Å²) in [4.78, 5) is 15.5. The average molecular weight is 848 g/mol. The Bertz CT molecular complexity index is 3080. The van der Waals surface area contributed by atoms with Gasteiger partial charge in [-0.1, -0.05) is 219 Å².